The summed E-state index contributed by atoms with van der Waals surface area (Å²) in [6.45, 7) is 2.30. The van der Waals surface area contributed by atoms with Crippen molar-refractivity contribution in [3.63, 3.8) is 0 Å². The molecule has 0 radical (unpaired) electrons. The van der Waals surface area contributed by atoms with E-state index in [0.717, 1.165) is 36.0 Å². The van der Waals surface area contributed by atoms with Gasteiger partial charge in [0.05, 0.1) is 18.3 Å². The molecular weight excluding hydrogens is 222 g/mol. The lowest BCUT2D eigenvalue weighted by Gasteiger charge is -2.38. The number of nitriles is 1. The van der Waals surface area contributed by atoms with Crippen LogP contribution in [0.3, 0.4) is 0 Å². The molecule has 4 rings (SSSR count). The Labute approximate surface area is 109 Å². The molecule has 2 aliphatic carbocycles. The predicted octanol–water partition coefficient (Wildman–Crippen LogP) is 3.15. The summed E-state index contributed by atoms with van der Waals surface area (Å²) < 4.78 is 6.38. The van der Waals surface area contributed by atoms with Crippen molar-refractivity contribution in [2.24, 2.45) is 35.5 Å². The molecule has 8 unspecified atom stereocenters. The lowest BCUT2D eigenvalue weighted by molar-refractivity contribution is 0.0575. The van der Waals surface area contributed by atoms with Crippen LogP contribution in [-0.2, 0) is 4.74 Å². The molecule has 0 spiro atoms. The van der Waals surface area contributed by atoms with Crippen LogP contribution >= 0.6 is 0 Å². The Kier molecular flexibility index (Phi) is 2.36. The van der Waals surface area contributed by atoms with Crippen molar-refractivity contribution in [3.05, 3.63) is 12.2 Å². The van der Waals surface area contributed by atoms with Crippen molar-refractivity contribution in [2.75, 3.05) is 0 Å². The Hall–Kier alpha value is -0.810. The number of rotatable bonds is 3. The highest BCUT2D eigenvalue weighted by Gasteiger charge is 2.65. The molecule has 8 atom stereocenters. The highest BCUT2D eigenvalue weighted by atomic mass is 16.5. The smallest absolute Gasteiger partial charge is 0.0648 e. The van der Waals surface area contributed by atoms with Crippen molar-refractivity contribution in [1.82, 2.24) is 0 Å². The number of fused-ring (bicyclic) bond motifs is 9. The monoisotopic (exact) mass is 243 g/mol. The summed E-state index contributed by atoms with van der Waals surface area (Å²) in [6, 6.07) is 2.32. The van der Waals surface area contributed by atoms with E-state index in [1.807, 2.05) is 0 Å². The molecule has 2 saturated heterocycles. The first-order valence-electron chi connectivity index (χ1n) is 7.56. The Balaban J connectivity index is 1.62. The average molecular weight is 243 g/mol. The molecule has 96 valence electrons. The number of allylic oxidation sites excluding steroid dienone is 2. The van der Waals surface area contributed by atoms with Gasteiger partial charge in [0.15, 0.2) is 0 Å². The van der Waals surface area contributed by atoms with Crippen LogP contribution in [0.1, 0.15) is 32.6 Å². The zero-order chi connectivity index (χ0) is 12.3. The molecule has 18 heavy (non-hydrogen) atoms. The summed E-state index contributed by atoms with van der Waals surface area (Å²) in [5.74, 6) is 4.58. The normalized spacial score (nSPS) is 54.9. The fourth-order valence-corrected chi connectivity index (χ4v) is 5.59. The Morgan fingerprint density at radius 3 is 2.44 bits per heavy atom. The molecule has 0 aromatic carbocycles. The molecule has 0 N–H and O–H groups in total. The van der Waals surface area contributed by atoms with E-state index in [1.54, 1.807) is 0 Å². The number of nitrogens with zero attached hydrogens (tertiary/aromatic N) is 1. The zero-order valence-electron chi connectivity index (χ0n) is 11.0. The maximum atomic E-state index is 8.85. The van der Waals surface area contributed by atoms with Crippen LogP contribution in [0.15, 0.2) is 12.2 Å². The average Bonchev–Trinajstić information content (AvgIpc) is 3.11. The third kappa shape index (κ3) is 1.21. The third-order valence-electron chi connectivity index (χ3n) is 6.11. The number of hydrogen-bond donors (Lipinski definition) is 0. The fourth-order valence-electron chi connectivity index (χ4n) is 5.59. The van der Waals surface area contributed by atoms with E-state index in [1.165, 1.54) is 12.8 Å². The minimum Gasteiger partial charge on any atom is -0.374 e. The van der Waals surface area contributed by atoms with Gasteiger partial charge >= 0.3 is 0 Å². The summed E-state index contributed by atoms with van der Waals surface area (Å²) in [7, 11) is 0. The Morgan fingerprint density at radius 1 is 1.17 bits per heavy atom. The lowest BCUT2D eigenvalue weighted by atomic mass is 9.63. The second-order valence-corrected chi connectivity index (χ2v) is 6.60. The zero-order valence-corrected chi connectivity index (χ0v) is 11.0. The Morgan fingerprint density at radius 2 is 1.83 bits per heavy atom. The summed E-state index contributed by atoms with van der Waals surface area (Å²) in [4.78, 5) is 0. The number of ether oxygens (including phenoxy) is 1. The van der Waals surface area contributed by atoms with Gasteiger partial charge < -0.3 is 4.74 Å². The lowest BCUT2D eigenvalue weighted by Crippen LogP contribution is -2.41. The van der Waals surface area contributed by atoms with Gasteiger partial charge in [-0.25, -0.2) is 0 Å². The van der Waals surface area contributed by atoms with Crippen LogP contribution in [0.2, 0.25) is 0 Å². The fraction of sp³-hybridized carbons (Fsp3) is 0.812. The van der Waals surface area contributed by atoms with Gasteiger partial charge in [0.2, 0.25) is 0 Å². The third-order valence-corrected chi connectivity index (χ3v) is 6.11. The molecule has 2 heteroatoms. The first-order chi connectivity index (χ1) is 8.85. The summed E-state index contributed by atoms with van der Waals surface area (Å²) >= 11 is 0. The molecule has 0 aromatic rings. The Bertz CT molecular complexity index is 423. The van der Waals surface area contributed by atoms with Gasteiger partial charge in [-0.1, -0.05) is 25.5 Å². The van der Waals surface area contributed by atoms with Gasteiger partial charge in [0, 0.05) is 6.42 Å². The minimum absolute atomic E-state index is 0.471. The molecular formula is C16H21NO. The molecule has 1 saturated carbocycles. The van der Waals surface area contributed by atoms with Gasteiger partial charge in [0.1, 0.15) is 0 Å². The van der Waals surface area contributed by atoms with E-state index >= 15 is 0 Å². The SMILES string of the molecule is CCC1C(CCC#N)C2OC1C1C3C=CC(C3)C21. The van der Waals surface area contributed by atoms with E-state index < -0.39 is 0 Å². The van der Waals surface area contributed by atoms with E-state index in [-0.39, 0.29) is 0 Å². The summed E-state index contributed by atoms with van der Waals surface area (Å²) in [5, 5.41) is 8.85. The van der Waals surface area contributed by atoms with Crippen molar-refractivity contribution in [2.45, 2.75) is 44.8 Å². The standard InChI is InChI=1S/C16H21NO/c1-2-11-12(4-3-7-17)16-14-10-6-5-9(8-10)13(14)15(11)18-16/h5-6,9-16H,2-4,8H2,1H3. The predicted molar refractivity (Wildman–Crippen MR) is 68.5 cm³/mol. The van der Waals surface area contributed by atoms with Crippen molar-refractivity contribution in [1.29, 1.82) is 5.26 Å². The van der Waals surface area contributed by atoms with E-state index in [4.69, 9.17) is 10.00 Å². The van der Waals surface area contributed by atoms with E-state index in [0.29, 0.717) is 24.5 Å². The molecule has 3 fully saturated rings. The molecule has 0 aromatic heterocycles. The van der Waals surface area contributed by atoms with Crippen LogP contribution < -0.4 is 0 Å². The quantitative estimate of drug-likeness (QED) is 0.713. The molecule has 4 aliphatic rings. The second kappa shape index (κ2) is 3.84. The molecule has 2 heterocycles. The molecule has 2 aliphatic heterocycles. The molecule has 2 nitrogen and oxygen atoms in total. The number of hydrogen-bond acceptors (Lipinski definition) is 2. The van der Waals surface area contributed by atoms with Crippen molar-refractivity contribution in [3.8, 4) is 6.07 Å². The van der Waals surface area contributed by atoms with E-state index in [2.05, 4.69) is 25.1 Å². The highest BCUT2D eigenvalue weighted by molar-refractivity contribution is 5.22. The first kappa shape index (κ1) is 11.1. The topological polar surface area (TPSA) is 33.0 Å². The van der Waals surface area contributed by atoms with Gasteiger partial charge in [-0.15, -0.1) is 0 Å². The van der Waals surface area contributed by atoms with Crippen LogP contribution in [0, 0.1) is 46.8 Å². The molecule has 0 amide bonds. The second-order valence-electron chi connectivity index (χ2n) is 6.60. The van der Waals surface area contributed by atoms with Gasteiger partial charge in [-0.2, -0.15) is 5.26 Å². The summed E-state index contributed by atoms with van der Waals surface area (Å²) in [6.07, 6.45) is 10.2. The molecule has 4 bridgehead atoms. The van der Waals surface area contributed by atoms with Crippen LogP contribution in [-0.4, -0.2) is 12.2 Å². The van der Waals surface area contributed by atoms with E-state index in [9.17, 15) is 0 Å². The van der Waals surface area contributed by atoms with Crippen LogP contribution in [0.25, 0.3) is 0 Å². The first-order valence-corrected chi connectivity index (χ1v) is 7.56. The minimum atomic E-state index is 0.471. The van der Waals surface area contributed by atoms with Gasteiger partial charge in [-0.3, -0.25) is 0 Å². The maximum absolute atomic E-state index is 8.85. The van der Waals surface area contributed by atoms with Crippen LogP contribution in [0.4, 0.5) is 0 Å². The van der Waals surface area contributed by atoms with Crippen molar-refractivity contribution >= 4 is 0 Å². The van der Waals surface area contributed by atoms with Crippen LogP contribution in [0.5, 0.6) is 0 Å². The van der Waals surface area contributed by atoms with Gasteiger partial charge in [-0.05, 0) is 48.3 Å². The highest BCUT2D eigenvalue weighted by Crippen LogP contribution is 2.64. The summed E-state index contributed by atoms with van der Waals surface area (Å²) in [5.41, 5.74) is 0. The maximum Gasteiger partial charge on any atom is 0.0648 e. The van der Waals surface area contributed by atoms with Crippen molar-refractivity contribution < 1.29 is 4.74 Å². The van der Waals surface area contributed by atoms with Gasteiger partial charge in [0.25, 0.3) is 0 Å². The largest absolute Gasteiger partial charge is 0.374 e.